The second kappa shape index (κ2) is 4.73. The smallest absolute Gasteiger partial charge is 0.220 e. The second-order valence-electron chi connectivity index (χ2n) is 2.77. The normalized spacial score (nSPS) is 12.3. The molecule has 0 aromatic heterocycles. The van der Waals surface area contributed by atoms with Gasteiger partial charge in [-0.15, -0.1) is 0 Å². The van der Waals surface area contributed by atoms with Crippen molar-refractivity contribution in [2.24, 2.45) is 5.92 Å². The van der Waals surface area contributed by atoms with Crippen molar-refractivity contribution >= 4 is 5.91 Å². The third-order valence-corrected chi connectivity index (χ3v) is 1.44. The summed E-state index contributed by atoms with van der Waals surface area (Å²) in [4.78, 5) is 10.8. The Kier molecular flexibility index (Phi) is 4.28. The Morgan fingerprint density at radius 3 is 2.45 bits per heavy atom. The standard InChI is InChI=1S/C8H14N2O/c1-4-8(11)10-7(5-9)6(2)3/h6-7H,4H2,1-3H3,(H,10,11)/t7-/m0/s1. The lowest BCUT2D eigenvalue weighted by molar-refractivity contribution is -0.121. The molecule has 62 valence electrons. The fourth-order valence-corrected chi connectivity index (χ4v) is 0.624. The van der Waals surface area contributed by atoms with Crippen LogP contribution in [0.1, 0.15) is 27.2 Å². The van der Waals surface area contributed by atoms with Gasteiger partial charge in [0.25, 0.3) is 0 Å². The number of nitriles is 1. The summed E-state index contributed by atoms with van der Waals surface area (Å²) >= 11 is 0. The summed E-state index contributed by atoms with van der Waals surface area (Å²) in [6, 6.07) is 1.69. The Labute approximate surface area is 67.4 Å². The van der Waals surface area contributed by atoms with E-state index in [4.69, 9.17) is 5.26 Å². The number of hydrogen-bond acceptors (Lipinski definition) is 2. The molecule has 3 heteroatoms. The van der Waals surface area contributed by atoms with E-state index in [1.807, 2.05) is 19.9 Å². The highest BCUT2D eigenvalue weighted by Crippen LogP contribution is 1.99. The van der Waals surface area contributed by atoms with Crippen molar-refractivity contribution in [2.75, 3.05) is 0 Å². The minimum absolute atomic E-state index is 0.0646. The quantitative estimate of drug-likeness (QED) is 0.660. The zero-order valence-corrected chi connectivity index (χ0v) is 7.22. The monoisotopic (exact) mass is 154 g/mol. The van der Waals surface area contributed by atoms with Crippen LogP contribution in [0.2, 0.25) is 0 Å². The minimum atomic E-state index is -0.345. The van der Waals surface area contributed by atoms with E-state index >= 15 is 0 Å². The van der Waals surface area contributed by atoms with Crippen molar-refractivity contribution in [3.05, 3.63) is 0 Å². The molecule has 0 aliphatic heterocycles. The average molecular weight is 154 g/mol. The Hall–Kier alpha value is -1.04. The topological polar surface area (TPSA) is 52.9 Å². The highest BCUT2D eigenvalue weighted by atomic mass is 16.1. The predicted molar refractivity (Wildman–Crippen MR) is 42.7 cm³/mol. The molecule has 0 aromatic rings. The molecule has 0 radical (unpaired) electrons. The second-order valence-corrected chi connectivity index (χ2v) is 2.77. The van der Waals surface area contributed by atoms with Crippen LogP contribution in [0.5, 0.6) is 0 Å². The summed E-state index contributed by atoms with van der Waals surface area (Å²) in [5.41, 5.74) is 0. The lowest BCUT2D eigenvalue weighted by Gasteiger charge is -2.13. The molecule has 0 unspecified atom stereocenters. The van der Waals surface area contributed by atoms with Gasteiger partial charge in [-0.2, -0.15) is 5.26 Å². The molecule has 11 heavy (non-hydrogen) atoms. The molecule has 0 rings (SSSR count). The molecule has 0 saturated heterocycles. The molecule has 0 fully saturated rings. The van der Waals surface area contributed by atoms with Crippen molar-refractivity contribution in [1.82, 2.24) is 5.32 Å². The average Bonchev–Trinajstić information content (AvgIpc) is 1.99. The molecule has 0 aliphatic carbocycles. The molecule has 0 saturated carbocycles. The van der Waals surface area contributed by atoms with Crippen LogP contribution in [-0.2, 0) is 4.79 Å². The first-order chi connectivity index (χ1) is 5.11. The van der Waals surface area contributed by atoms with Gasteiger partial charge in [0.2, 0.25) is 5.91 Å². The van der Waals surface area contributed by atoms with Gasteiger partial charge >= 0.3 is 0 Å². The van der Waals surface area contributed by atoms with Gasteiger partial charge in [-0.1, -0.05) is 20.8 Å². The maximum atomic E-state index is 10.8. The molecule has 3 nitrogen and oxygen atoms in total. The van der Waals surface area contributed by atoms with Crippen LogP contribution >= 0.6 is 0 Å². The van der Waals surface area contributed by atoms with E-state index in [-0.39, 0.29) is 17.9 Å². The van der Waals surface area contributed by atoms with Gasteiger partial charge in [-0.3, -0.25) is 4.79 Å². The highest BCUT2D eigenvalue weighted by Gasteiger charge is 2.13. The van der Waals surface area contributed by atoms with Crippen molar-refractivity contribution in [2.45, 2.75) is 33.2 Å². The number of rotatable bonds is 3. The van der Waals surface area contributed by atoms with Crippen LogP contribution < -0.4 is 5.32 Å². The predicted octanol–water partition coefficient (Wildman–Crippen LogP) is 1.06. The van der Waals surface area contributed by atoms with Crippen LogP contribution in [0.3, 0.4) is 0 Å². The Balaban J connectivity index is 3.91. The Bertz CT molecular complexity index is 169. The van der Waals surface area contributed by atoms with E-state index in [0.29, 0.717) is 6.42 Å². The molecular formula is C8H14N2O. The van der Waals surface area contributed by atoms with E-state index in [9.17, 15) is 4.79 Å². The maximum Gasteiger partial charge on any atom is 0.220 e. The molecule has 0 spiro atoms. The molecule has 0 heterocycles. The Morgan fingerprint density at radius 2 is 2.18 bits per heavy atom. The first kappa shape index (κ1) is 9.96. The van der Waals surface area contributed by atoms with Gasteiger partial charge in [-0.05, 0) is 5.92 Å². The van der Waals surface area contributed by atoms with Gasteiger partial charge in [0.15, 0.2) is 0 Å². The molecule has 1 atom stereocenters. The van der Waals surface area contributed by atoms with Crippen LogP contribution in [0.4, 0.5) is 0 Å². The van der Waals surface area contributed by atoms with E-state index < -0.39 is 0 Å². The lowest BCUT2D eigenvalue weighted by atomic mass is 10.1. The van der Waals surface area contributed by atoms with Crippen molar-refractivity contribution in [3.8, 4) is 6.07 Å². The number of nitrogens with one attached hydrogen (secondary N) is 1. The first-order valence-corrected chi connectivity index (χ1v) is 3.80. The fraction of sp³-hybridized carbons (Fsp3) is 0.750. The molecule has 1 amide bonds. The van der Waals surface area contributed by atoms with Crippen molar-refractivity contribution in [3.63, 3.8) is 0 Å². The van der Waals surface area contributed by atoms with Gasteiger partial charge in [-0.25, -0.2) is 0 Å². The third-order valence-electron chi connectivity index (χ3n) is 1.44. The number of carbonyl (C=O) groups is 1. The van der Waals surface area contributed by atoms with Gasteiger partial charge < -0.3 is 5.32 Å². The summed E-state index contributed by atoms with van der Waals surface area (Å²) in [7, 11) is 0. The van der Waals surface area contributed by atoms with E-state index in [2.05, 4.69) is 5.32 Å². The molecule has 1 N–H and O–H groups in total. The largest absolute Gasteiger partial charge is 0.340 e. The van der Waals surface area contributed by atoms with Crippen LogP contribution in [0, 0.1) is 17.2 Å². The fourth-order valence-electron chi connectivity index (χ4n) is 0.624. The maximum absolute atomic E-state index is 10.8. The molecule has 0 aromatic carbocycles. The number of nitrogens with zero attached hydrogens (tertiary/aromatic N) is 1. The Morgan fingerprint density at radius 1 is 1.64 bits per heavy atom. The zero-order valence-electron chi connectivity index (χ0n) is 7.22. The summed E-state index contributed by atoms with van der Waals surface area (Å²) in [6.45, 7) is 5.58. The third kappa shape index (κ3) is 3.61. The first-order valence-electron chi connectivity index (χ1n) is 3.80. The van der Waals surface area contributed by atoms with Crippen molar-refractivity contribution in [1.29, 1.82) is 5.26 Å². The molecule has 0 bridgehead atoms. The van der Waals surface area contributed by atoms with Crippen LogP contribution in [0.15, 0.2) is 0 Å². The van der Waals surface area contributed by atoms with Gasteiger partial charge in [0.1, 0.15) is 6.04 Å². The minimum Gasteiger partial charge on any atom is -0.340 e. The van der Waals surface area contributed by atoms with Crippen molar-refractivity contribution < 1.29 is 4.79 Å². The summed E-state index contributed by atoms with van der Waals surface area (Å²) in [5.74, 6) is 0.112. The SMILES string of the molecule is CCC(=O)N[C@@H](C#N)C(C)C. The number of carbonyl (C=O) groups excluding carboxylic acids is 1. The molecule has 0 aliphatic rings. The van der Waals surface area contributed by atoms with Gasteiger partial charge in [0.05, 0.1) is 6.07 Å². The van der Waals surface area contributed by atoms with E-state index in [1.165, 1.54) is 0 Å². The van der Waals surface area contributed by atoms with E-state index in [0.717, 1.165) is 0 Å². The lowest BCUT2D eigenvalue weighted by Crippen LogP contribution is -2.36. The molecular weight excluding hydrogens is 140 g/mol. The highest BCUT2D eigenvalue weighted by molar-refractivity contribution is 5.76. The summed E-state index contributed by atoms with van der Waals surface area (Å²) in [5, 5.41) is 11.2. The van der Waals surface area contributed by atoms with Gasteiger partial charge in [0, 0.05) is 6.42 Å². The zero-order chi connectivity index (χ0) is 8.85. The number of hydrogen-bond donors (Lipinski definition) is 1. The van der Waals surface area contributed by atoms with Crippen LogP contribution in [0.25, 0.3) is 0 Å². The summed E-state index contributed by atoms with van der Waals surface area (Å²) < 4.78 is 0. The summed E-state index contributed by atoms with van der Waals surface area (Å²) in [6.07, 6.45) is 0.435. The van der Waals surface area contributed by atoms with Crippen LogP contribution in [-0.4, -0.2) is 11.9 Å². The van der Waals surface area contributed by atoms with E-state index in [1.54, 1.807) is 6.92 Å². The number of amides is 1.